The smallest absolute Gasteiger partial charge is 0.287 e. The molecule has 2 N–H and O–H groups in total. The van der Waals surface area contributed by atoms with E-state index in [2.05, 4.69) is 27.3 Å². The van der Waals surface area contributed by atoms with Crippen molar-refractivity contribution in [3.05, 3.63) is 64.3 Å². The van der Waals surface area contributed by atoms with Crippen LogP contribution >= 0.6 is 0 Å². The van der Waals surface area contributed by atoms with Crippen LogP contribution in [0.3, 0.4) is 0 Å². The Kier molecular flexibility index (Phi) is 5.57. The summed E-state index contributed by atoms with van der Waals surface area (Å²) in [6, 6.07) is 13.5. The number of nitrogens with one attached hydrogen (secondary N) is 1. The minimum atomic E-state index is -0.463. The number of benzene rings is 1. The highest BCUT2D eigenvalue weighted by atomic mass is 16.6. The minimum Gasteiger partial charge on any atom is -0.396 e. The quantitative estimate of drug-likeness (QED) is 0.618. The lowest BCUT2D eigenvalue weighted by molar-refractivity contribution is -0.385. The zero-order chi connectivity index (χ0) is 17.6. The predicted octanol–water partition coefficient (Wildman–Crippen LogP) is 2.28. The maximum Gasteiger partial charge on any atom is 0.287 e. The summed E-state index contributed by atoms with van der Waals surface area (Å²) in [5.41, 5.74) is 1.24. The van der Waals surface area contributed by atoms with Crippen LogP contribution in [0.1, 0.15) is 12.0 Å². The Bertz CT molecular complexity index is 693. The molecule has 25 heavy (non-hydrogen) atoms. The van der Waals surface area contributed by atoms with Gasteiger partial charge in [-0.15, -0.1) is 0 Å². The van der Waals surface area contributed by atoms with Gasteiger partial charge in [0.2, 0.25) is 0 Å². The molecule has 1 aromatic carbocycles. The molecule has 0 amide bonds. The summed E-state index contributed by atoms with van der Waals surface area (Å²) in [6.45, 7) is 2.70. The fourth-order valence-electron chi connectivity index (χ4n) is 3.24. The van der Waals surface area contributed by atoms with E-state index in [0.717, 1.165) is 26.1 Å². The summed E-state index contributed by atoms with van der Waals surface area (Å²) in [4.78, 5) is 16.7. The Morgan fingerprint density at radius 3 is 2.72 bits per heavy atom. The molecule has 2 aromatic rings. The fourth-order valence-corrected chi connectivity index (χ4v) is 3.24. The molecule has 1 aliphatic rings. The first-order valence-corrected chi connectivity index (χ1v) is 8.40. The van der Waals surface area contributed by atoms with Crippen molar-refractivity contribution in [3.63, 3.8) is 0 Å². The number of aliphatic hydroxyl groups is 1. The predicted molar refractivity (Wildman–Crippen MR) is 95.2 cm³/mol. The average molecular weight is 342 g/mol. The van der Waals surface area contributed by atoms with E-state index < -0.39 is 4.92 Å². The molecule has 3 rings (SSSR count). The van der Waals surface area contributed by atoms with Crippen LogP contribution < -0.4 is 5.32 Å². The largest absolute Gasteiger partial charge is 0.396 e. The van der Waals surface area contributed by atoms with Crippen molar-refractivity contribution in [1.29, 1.82) is 0 Å². The van der Waals surface area contributed by atoms with Gasteiger partial charge in [0.05, 0.1) is 4.92 Å². The second kappa shape index (κ2) is 8.04. The molecule has 1 aromatic heterocycles. The second-order valence-electron chi connectivity index (χ2n) is 6.36. The maximum absolute atomic E-state index is 10.7. The summed E-state index contributed by atoms with van der Waals surface area (Å²) < 4.78 is 0. The van der Waals surface area contributed by atoms with E-state index in [0.29, 0.717) is 5.82 Å². The molecular formula is C18H22N4O3. The summed E-state index contributed by atoms with van der Waals surface area (Å²) in [6.07, 6.45) is 2.14. The van der Waals surface area contributed by atoms with Gasteiger partial charge in [-0.3, -0.25) is 15.0 Å². The third-order valence-corrected chi connectivity index (χ3v) is 4.59. The van der Waals surface area contributed by atoms with Gasteiger partial charge >= 0.3 is 0 Å². The standard InChI is InChI=1S/C18H22N4O3/c23-13-15-12-21(11-14-4-2-1-3-5-14)9-8-17(15)20-18-7-6-16(10-19-18)22(24)25/h1-7,10,15,17,23H,8-9,11-13H2,(H,19,20)/t15-,17+/m0/s1. The van der Waals surface area contributed by atoms with Gasteiger partial charge in [-0.05, 0) is 18.1 Å². The molecular weight excluding hydrogens is 320 g/mol. The molecule has 7 nitrogen and oxygen atoms in total. The van der Waals surface area contributed by atoms with Gasteiger partial charge in [-0.1, -0.05) is 30.3 Å². The molecule has 0 saturated carbocycles. The highest BCUT2D eigenvalue weighted by molar-refractivity contribution is 5.41. The SMILES string of the molecule is O=[N+]([O-])c1ccc(N[C@@H]2CCN(Cc3ccccc3)C[C@H]2CO)nc1. The van der Waals surface area contributed by atoms with E-state index in [1.165, 1.54) is 17.8 Å². The number of hydrogen-bond acceptors (Lipinski definition) is 6. The molecule has 2 heterocycles. The van der Waals surface area contributed by atoms with Crippen LogP contribution in [0.15, 0.2) is 48.7 Å². The Morgan fingerprint density at radius 1 is 1.28 bits per heavy atom. The molecule has 1 aliphatic heterocycles. The first-order chi connectivity index (χ1) is 12.2. The fraction of sp³-hybridized carbons (Fsp3) is 0.389. The monoisotopic (exact) mass is 342 g/mol. The minimum absolute atomic E-state index is 0.0260. The van der Waals surface area contributed by atoms with Crippen molar-refractivity contribution in [2.75, 3.05) is 25.0 Å². The van der Waals surface area contributed by atoms with Crippen molar-refractivity contribution in [1.82, 2.24) is 9.88 Å². The Balaban J connectivity index is 1.59. The number of likely N-dealkylation sites (tertiary alicyclic amines) is 1. The summed E-state index contributed by atoms with van der Waals surface area (Å²) >= 11 is 0. The number of pyridine rings is 1. The number of piperidine rings is 1. The number of rotatable bonds is 6. The van der Waals surface area contributed by atoms with Crippen molar-refractivity contribution in [2.24, 2.45) is 5.92 Å². The number of aliphatic hydroxyl groups excluding tert-OH is 1. The number of nitrogens with zero attached hydrogens (tertiary/aromatic N) is 3. The zero-order valence-corrected chi connectivity index (χ0v) is 13.9. The van der Waals surface area contributed by atoms with Crippen molar-refractivity contribution in [3.8, 4) is 0 Å². The van der Waals surface area contributed by atoms with E-state index in [1.807, 2.05) is 18.2 Å². The lowest BCUT2D eigenvalue weighted by Gasteiger charge is -2.38. The second-order valence-corrected chi connectivity index (χ2v) is 6.36. The summed E-state index contributed by atoms with van der Waals surface area (Å²) in [5, 5.41) is 23.8. The van der Waals surface area contributed by atoms with E-state index in [9.17, 15) is 15.2 Å². The zero-order valence-electron chi connectivity index (χ0n) is 13.9. The molecule has 1 saturated heterocycles. The molecule has 0 bridgehead atoms. The molecule has 7 heteroatoms. The Labute approximate surface area is 146 Å². The highest BCUT2D eigenvalue weighted by Crippen LogP contribution is 2.22. The van der Waals surface area contributed by atoms with Gasteiger partial charge in [0.15, 0.2) is 0 Å². The van der Waals surface area contributed by atoms with Crippen LogP contribution in [0.2, 0.25) is 0 Å². The lowest BCUT2D eigenvalue weighted by atomic mass is 9.92. The van der Waals surface area contributed by atoms with Gasteiger partial charge in [-0.25, -0.2) is 4.98 Å². The van der Waals surface area contributed by atoms with Crippen molar-refractivity contribution < 1.29 is 10.0 Å². The summed E-state index contributed by atoms with van der Waals surface area (Å²) in [5.74, 6) is 0.694. The number of nitro groups is 1. The summed E-state index contributed by atoms with van der Waals surface area (Å²) in [7, 11) is 0. The van der Waals surface area contributed by atoms with E-state index >= 15 is 0 Å². The number of hydrogen-bond donors (Lipinski definition) is 2. The van der Waals surface area contributed by atoms with E-state index in [-0.39, 0.29) is 24.3 Å². The molecule has 2 atom stereocenters. The van der Waals surface area contributed by atoms with E-state index in [1.54, 1.807) is 6.07 Å². The maximum atomic E-state index is 10.7. The van der Waals surface area contributed by atoms with Gasteiger partial charge in [-0.2, -0.15) is 0 Å². The van der Waals surface area contributed by atoms with Gasteiger partial charge < -0.3 is 10.4 Å². The highest BCUT2D eigenvalue weighted by Gasteiger charge is 2.29. The molecule has 0 spiro atoms. The molecule has 132 valence electrons. The van der Waals surface area contributed by atoms with Crippen LogP contribution in [-0.4, -0.2) is 45.7 Å². The van der Waals surface area contributed by atoms with Crippen LogP contribution in [0.25, 0.3) is 0 Å². The van der Waals surface area contributed by atoms with Crippen LogP contribution in [-0.2, 0) is 6.54 Å². The Morgan fingerprint density at radius 2 is 2.08 bits per heavy atom. The molecule has 1 fully saturated rings. The molecule has 0 unspecified atom stereocenters. The van der Waals surface area contributed by atoms with Gasteiger partial charge in [0.25, 0.3) is 5.69 Å². The third-order valence-electron chi connectivity index (χ3n) is 4.59. The third kappa shape index (κ3) is 4.52. The number of anilines is 1. The van der Waals surface area contributed by atoms with Gasteiger partial charge in [0, 0.05) is 44.3 Å². The molecule has 0 radical (unpaired) electrons. The van der Waals surface area contributed by atoms with E-state index in [4.69, 9.17) is 0 Å². The number of aromatic nitrogens is 1. The lowest BCUT2D eigenvalue weighted by Crippen LogP contribution is -2.47. The molecule has 0 aliphatic carbocycles. The van der Waals surface area contributed by atoms with Gasteiger partial charge in [0.1, 0.15) is 12.0 Å². The first kappa shape index (κ1) is 17.3. The van der Waals surface area contributed by atoms with Crippen LogP contribution in [0, 0.1) is 16.0 Å². The van der Waals surface area contributed by atoms with Crippen molar-refractivity contribution in [2.45, 2.75) is 19.0 Å². The van der Waals surface area contributed by atoms with Crippen molar-refractivity contribution >= 4 is 11.5 Å². The van der Waals surface area contributed by atoms with Crippen LogP contribution in [0.5, 0.6) is 0 Å². The first-order valence-electron chi connectivity index (χ1n) is 8.40. The Hall–Kier alpha value is -2.51. The normalized spacial score (nSPS) is 21.0. The van der Waals surface area contributed by atoms with Crippen LogP contribution in [0.4, 0.5) is 11.5 Å². The topological polar surface area (TPSA) is 91.5 Å². The average Bonchev–Trinajstić information content (AvgIpc) is 2.64.